The molecule has 22 heavy (non-hydrogen) atoms. The molecule has 134 valence electrons. The van der Waals surface area contributed by atoms with Gasteiger partial charge in [0.15, 0.2) is 0 Å². The molecule has 0 fully saturated rings. The Balaban J connectivity index is 4.09. The van der Waals surface area contributed by atoms with Crippen LogP contribution in [0.5, 0.6) is 0 Å². The molecule has 2 atom stereocenters. The SMILES string of the molecule is CCCCCOC(SSC(OCCCCC)[SiH](C)C)[SiH](C)C. The fraction of sp³-hybridized carbons (Fsp3) is 1.00. The van der Waals surface area contributed by atoms with E-state index in [9.17, 15) is 0 Å². The largest absolute Gasteiger partial charge is 0.371 e. The topological polar surface area (TPSA) is 18.5 Å². The Morgan fingerprint density at radius 3 is 1.32 bits per heavy atom. The van der Waals surface area contributed by atoms with Crippen LogP contribution in [0.25, 0.3) is 0 Å². The van der Waals surface area contributed by atoms with Gasteiger partial charge in [-0.25, -0.2) is 0 Å². The Hall–Kier alpha value is 1.05. The Kier molecular flexibility index (Phi) is 16.3. The van der Waals surface area contributed by atoms with Crippen molar-refractivity contribution in [1.29, 1.82) is 0 Å². The molecule has 6 heteroatoms. The lowest BCUT2D eigenvalue weighted by Gasteiger charge is -2.24. The third-order valence-electron chi connectivity index (χ3n) is 3.39. The van der Waals surface area contributed by atoms with Crippen molar-refractivity contribution in [2.75, 3.05) is 13.2 Å². The van der Waals surface area contributed by atoms with E-state index in [2.05, 4.69) is 40.0 Å². The van der Waals surface area contributed by atoms with E-state index < -0.39 is 17.6 Å². The second-order valence-corrected chi connectivity index (χ2v) is 16.2. The van der Waals surface area contributed by atoms with E-state index >= 15 is 0 Å². The van der Waals surface area contributed by atoms with Crippen LogP contribution in [-0.4, -0.2) is 40.9 Å². The summed E-state index contributed by atoms with van der Waals surface area (Å²) in [5.74, 6) is 0. The summed E-state index contributed by atoms with van der Waals surface area (Å²) in [6, 6.07) is 0. The maximum atomic E-state index is 6.14. The number of unbranched alkanes of at least 4 members (excludes halogenated alkanes) is 4. The lowest BCUT2D eigenvalue weighted by molar-refractivity contribution is 0.148. The minimum Gasteiger partial charge on any atom is -0.371 e. The summed E-state index contributed by atoms with van der Waals surface area (Å²) in [4.78, 5) is 0. The fourth-order valence-corrected chi connectivity index (χ4v) is 11.4. The first-order valence-corrected chi connectivity index (χ1v) is 17.3. The standard InChI is InChI=1S/C16H38O2S2Si2/c1-7-9-11-13-17-15(21(3)4)19-20-16(22(5)6)18-14-12-10-8-2/h15-16,21-22H,7-14H2,1-6H3. The van der Waals surface area contributed by atoms with Crippen LogP contribution in [0, 0.1) is 0 Å². The molecule has 0 aromatic rings. The Morgan fingerprint density at radius 2 is 1.05 bits per heavy atom. The van der Waals surface area contributed by atoms with Crippen molar-refractivity contribution in [3.63, 3.8) is 0 Å². The molecule has 0 aliphatic carbocycles. The molecule has 0 heterocycles. The molecule has 0 saturated heterocycles. The summed E-state index contributed by atoms with van der Waals surface area (Å²) < 4.78 is 12.3. The molecule has 2 unspecified atom stereocenters. The van der Waals surface area contributed by atoms with Gasteiger partial charge in [-0.1, -0.05) is 87.3 Å². The van der Waals surface area contributed by atoms with Gasteiger partial charge in [-0.2, -0.15) is 0 Å². The minimum absolute atomic E-state index is 0.427. The van der Waals surface area contributed by atoms with Crippen molar-refractivity contribution in [2.45, 2.75) is 88.7 Å². The molecule has 0 bridgehead atoms. The smallest absolute Gasteiger partial charge is 0.0975 e. The molecule has 0 aromatic heterocycles. The summed E-state index contributed by atoms with van der Waals surface area (Å²) in [6.07, 6.45) is 7.51. The zero-order chi connectivity index (χ0) is 16.8. The highest BCUT2D eigenvalue weighted by Gasteiger charge is 2.22. The lowest BCUT2D eigenvalue weighted by Crippen LogP contribution is -2.28. The van der Waals surface area contributed by atoms with Gasteiger partial charge in [0.05, 0.1) is 27.7 Å². The molecule has 0 amide bonds. The van der Waals surface area contributed by atoms with E-state index in [0.717, 1.165) is 13.2 Å². The first kappa shape index (κ1) is 23.1. The van der Waals surface area contributed by atoms with Crippen LogP contribution in [0.15, 0.2) is 0 Å². The maximum absolute atomic E-state index is 6.14. The zero-order valence-electron chi connectivity index (χ0n) is 15.6. The summed E-state index contributed by atoms with van der Waals surface area (Å²) in [6.45, 7) is 15.9. The molecular formula is C16H38O2S2Si2. The van der Waals surface area contributed by atoms with Gasteiger partial charge in [-0.05, 0) is 12.8 Å². The molecule has 0 N–H and O–H groups in total. The van der Waals surface area contributed by atoms with Gasteiger partial charge in [0, 0.05) is 13.2 Å². The van der Waals surface area contributed by atoms with Crippen molar-refractivity contribution < 1.29 is 9.47 Å². The van der Waals surface area contributed by atoms with E-state index in [-0.39, 0.29) is 0 Å². The van der Waals surface area contributed by atoms with Crippen LogP contribution in [0.3, 0.4) is 0 Å². The Labute approximate surface area is 150 Å². The predicted octanol–water partition coefficient (Wildman–Crippen LogP) is 5.49. The third-order valence-corrected chi connectivity index (χ3v) is 13.5. The van der Waals surface area contributed by atoms with Crippen molar-refractivity contribution in [2.24, 2.45) is 0 Å². The molecule has 0 aromatic carbocycles. The molecule has 0 spiro atoms. The molecule has 0 aliphatic heterocycles. The van der Waals surface area contributed by atoms with E-state index in [0.29, 0.717) is 10.1 Å². The maximum Gasteiger partial charge on any atom is 0.0975 e. The van der Waals surface area contributed by atoms with Crippen LogP contribution >= 0.6 is 21.6 Å². The van der Waals surface area contributed by atoms with E-state index in [1.54, 1.807) is 0 Å². The summed E-state index contributed by atoms with van der Waals surface area (Å²) in [7, 11) is 2.34. The molecule has 2 nitrogen and oxygen atoms in total. The fourth-order valence-electron chi connectivity index (χ4n) is 1.88. The second-order valence-electron chi connectivity index (χ2n) is 6.57. The van der Waals surface area contributed by atoms with E-state index in [4.69, 9.17) is 9.47 Å². The first-order valence-electron chi connectivity index (χ1n) is 9.08. The molecule has 0 radical (unpaired) electrons. The van der Waals surface area contributed by atoms with Crippen LogP contribution in [0.1, 0.15) is 52.4 Å². The summed E-state index contributed by atoms with van der Waals surface area (Å²) >= 11 is 0. The van der Waals surface area contributed by atoms with E-state index in [1.807, 2.05) is 21.6 Å². The Morgan fingerprint density at radius 1 is 0.682 bits per heavy atom. The van der Waals surface area contributed by atoms with Crippen LogP contribution < -0.4 is 0 Å². The predicted molar refractivity (Wildman–Crippen MR) is 111 cm³/mol. The van der Waals surface area contributed by atoms with Crippen LogP contribution in [0.2, 0.25) is 26.2 Å². The van der Waals surface area contributed by atoms with Crippen LogP contribution in [0.4, 0.5) is 0 Å². The molecule has 0 saturated carbocycles. The van der Waals surface area contributed by atoms with Crippen molar-refractivity contribution in [3.8, 4) is 0 Å². The van der Waals surface area contributed by atoms with Gasteiger partial charge in [0.25, 0.3) is 0 Å². The van der Waals surface area contributed by atoms with Crippen molar-refractivity contribution in [3.05, 3.63) is 0 Å². The number of ether oxygens (including phenoxy) is 2. The van der Waals surface area contributed by atoms with Gasteiger partial charge >= 0.3 is 0 Å². The van der Waals surface area contributed by atoms with Crippen molar-refractivity contribution in [1.82, 2.24) is 0 Å². The molecule has 0 aliphatic rings. The van der Waals surface area contributed by atoms with Crippen LogP contribution in [-0.2, 0) is 9.47 Å². The monoisotopic (exact) mass is 382 g/mol. The van der Waals surface area contributed by atoms with Gasteiger partial charge in [0.2, 0.25) is 0 Å². The van der Waals surface area contributed by atoms with Gasteiger partial charge < -0.3 is 9.47 Å². The first-order chi connectivity index (χ1) is 10.5. The van der Waals surface area contributed by atoms with Gasteiger partial charge in [0.1, 0.15) is 0 Å². The quantitative estimate of drug-likeness (QED) is 0.161. The minimum atomic E-state index is -0.786. The number of hydrogen-bond acceptors (Lipinski definition) is 4. The van der Waals surface area contributed by atoms with Gasteiger partial charge in [-0.15, -0.1) is 0 Å². The van der Waals surface area contributed by atoms with Gasteiger partial charge in [-0.3, -0.25) is 0 Å². The molecule has 0 rings (SSSR count). The summed E-state index contributed by atoms with van der Waals surface area (Å²) in [5.41, 5.74) is 0. The molecular weight excluding hydrogens is 344 g/mol. The number of rotatable bonds is 15. The highest BCUT2D eigenvalue weighted by atomic mass is 33.1. The highest BCUT2D eigenvalue weighted by Crippen LogP contribution is 2.35. The average Bonchev–Trinajstić information content (AvgIpc) is 2.47. The zero-order valence-corrected chi connectivity index (χ0v) is 19.5. The average molecular weight is 383 g/mol. The van der Waals surface area contributed by atoms with Crippen molar-refractivity contribution >= 4 is 39.2 Å². The summed E-state index contributed by atoms with van der Waals surface area (Å²) in [5, 5.41) is 0.854. The lowest BCUT2D eigenvalue weighted by atomic mass is 10.3. The second kappa shape index (κ2) is 15.6. The number of hydrogen-bond donors (Lipinski definition) is 0. The highest BCUT2D eigenvalue weighted by molar-refractivity contribution is 8.77. The Bertz CT molecular complexity index is 220. The van der Waals surface area contributed by atoms with E-state index in [1.165, 1.54) is 38.5 Å². The normalized spacial score (nSPS) is 14.7. The third kappa shape index (κ3) is 12.5.